The zero-order chi connectivity index (χ0) is 27.0. The first-order valence-corrected chi connectivity index (χ1v) is 14.1. The molecule has 0 bridgehead atoms. The zero-order valence-corrected chi connectivity index (χ0v) is 23.3. The maximum atomic E-state index is 13.7. The number of methoxy groups -OCH3 is 1. The van der Waals surface area contributed by atoms with E-state index in [9.17, 15) is 18.0 Å². The molecule has 8 nitrogen and oxygen atoms in total. The summed E-state index contributed by atoms with van der Waals surface area (Å²) in [7, 11) is -2.26. The number of hydrogen-bond donors (Lipinski definition) is 1. The number of carbonyl (C=O) groups is 2. The first-order chi connectivity index (χ1) is 16.9. The molecule has 2 rings (SSSR count). The van der Waals surface area contributed by atoms with Gasteiger partial charge in [-0.2, -0.15) is 0 Å². The molecule has 0 saturated carbocycles. The molecular formula is C26H36ClN3O5S. The van der Waals surface area contributed by atoms with Crippen molar-refractivity contribution in [1.82, 2.24) is 10.2 Å². The number of aryl methyl sites for hydroxylation is 1. The monoisotopic (exact) mass is 537 g/mol. The molecule has 0 aromatic heterocycles. The fourth-order valence-corrected chi connectivity index (χ4v) is 4.66. The maximum absolute atomic E-state index is 13.7. The molecular weight excluding hydrogens is 502 g/mol. The Kier molecular flexibility index (Phi) is 10.6. The first kappa shape index (κ1) is 29.5. The van der Waals surface area contributed by atoms with Gasteiger partial charge in [0.2, 0.25) is 21.8 Å². The molecule has 0 aliphatic carbocycles. The van der Waals surface area contributed by atoms with E-state index in [1.807, 2.05) is 32.9 Å². The number of amides is 2. The number of nitrogens with zero attached hydrogens (tertiary/aromatic N) is 2. The van der Waals surface area contributed by atoms with Crippen molar-refractivity contribution < 1.29 is 22.7 Å². The Labute approximate surface area is 219 Å². The summed E-state index contributed by atoms with van der Waals surface area (Å²) in [4.78, 5) is 28.3. The summed E-state index contributed by atoms with van der Waals surface area (Å²) in [6.07, 6.45) is 2.14. The largest absolute Gasteiger partial charge is 0.497 e. The minimum absolute atomic E-state index is 0.0632. The minimum atomic E-state index is -3.82. The summed E-state index contributed by atoms with van der Waals surface area (Å²) < 4.78 is 31.6. The molecule has 0 radical (unpaired) electrons. The lowest BCUT2D eigenvalue weighted by Crippen LogP contribution is -2.53. The molecule has 0 aliphatic heterocycles. The zero-order valence-electron chi connectivity index (χ0n) is 21.7. The maximum Gasteiger partial charge on any atom is 0.244 e. The summed E-state index contributed by atoms with van der Waals surface area (Å²) in [5.41, 5.74) is 1.85. The van der Waals surface area contributed by atoms with Crippen LogP contribution in [-0.2, 0) is 26.2 Å². The third kappa shape index (κ3) is 7.86. The quantitative estimate of drug-likeness (QED) is 0.439. The van der Waals surface area contributed by atoms with E-state index in [2.05, 4.69) is 5.32 Å². The number of nitrogens with one attached hydrogen (secondary N) is 1. The Morgan fingerprint density at radius 1 is 1.08 bits per heavy atom. The van der Waals surface area contributed by atoms with Crippen LogP contribution in [0.3, 0.4) is 0 Å². The number of hydrogen-bond acceptors (Lipinski definition) is 5. The van der Waals surface area contributed by atoms with E-state index >= 15 is 0 Å². The van der Waals surface area contributed by atoms with Crippen molar-refractivity contribution in [2.45, 2.75) is 59.2 Å². The standard InChI is InChI=1S/C26H36ClN3O5S/c1-7-19(4)28-26(32)24(8-2)29(16-20-10-13-22(35-5)14-11-20)25(31)17-30(36(6,33)34)21-12-9-18(3)23(27)15-21/h9-15,19,24H,7-8,16-17H2,1-6H3,(H,28,32)/t19-,24+/m0/s1. The van der Waals surface area contributed by atoms with Gasteiger partial charge in [0.15, 0.2) is 0 Å². The van der Waals surface area contributed by atoms with Gasteiger partial charge in [0.1, 0.15) is 18.3 Å². The van der Waals surface area contributed by atoms with E-state index in [1.165, 1.54) is 11.0 Å². The molecule has 0 fully saturated rings. The van der Waals surface area contributed by atoms with E-state index in [0.717, 1.165) is 28.1 Å². The molecule has 0 spiro atoms. The lowest BCUT2D eigenvalue weighted by Gasteiger charge is -2.33. The molecule has 2 amide bonds. The third-order valence-corrected chi connectivity index (χ3v) is 7.57. The van der Waals surface area contributed by atoms with Gasteiger partial charge >= 0.3 is 0 Å². The smallest absolute Gasteiger partial charge is 0.244 e. The molecule has 2 atom stereocenters. The fourth-order valence-electron chi connectivity index (χ4n) is 3.64. The number of halogens is 1. The molecule has 2 aromatic rings. The number of benzene rings is 2. The van der Waals surface area contributed by atoms with Gasteiger partial charge in [-0.05, 0) is 62.1 Å². The molecule has 0 heterocycles. The highest BCUT2D eigenvalue weighted by atomic mass is 35.5. The molecule has 0 saturated heterocycles. The van der Waals surface area contributed by atoms with Crippen LogP contribution < -0.4 is 14.4 Å². The number of ether oxygens (including phenoxy) is 1. The fraction of sp³-hybridized carbons (Fsp3) is 0.462. The van der Waals surface area contributed by atoms with Crippen molar-refractivity contribution in [3.8, 4) is 5.75 Å². The van der Waals surface area contributed by atoms with Crippen molar-refractivity contribution in [3.05, 3.63) is 58.6 Å². The molecule has 0 unspecified atom stereocenters. The normalized spacial score (nSPS) is 13.0. The molecule has 198 valence electrons. The Morgan fingerprint density at radius 3 is 2.22 bits per heavy atom. The van der Waals surface area contributed by atoms with Crippen LogP contribution in [0.2, 0.25) is 5.02 Å². The van der Waals surface area contributed by atoms with Gasteiger partial charge in [0, 0.05) is 17.6 Å². The Balaban J connectivity index is 2.45. The second-order valence-electron chi connectivity index (χ2n) is 8.81. The van der Waals surface area contributed by atoms with Crippen LogP contribution in [-0.4, -0.2) is 57.1 Å². The minimum Gasteiger partial charge on any atom is -0.497 e. The Hall–Kier alpha value is -2.78. The van der Waals surface area contributed by atoms with Crippen LogP contribution in [0.15, 0.2) is 42.5 Å². The molecule has 10 heteroatoms. The summed E-state index contributed by atoms with van der Waals surface area (Å²) in [5, 5.41) is 3.34. The Bertz CT molecular complexity index is 1150. The average Bonchev–Trinajstić information content (AvgIpc) is 2.83. The van der Waals surface area contributed by atoms with Crippen molar-refractivity contribution >= 4 is 39.1 Å². The number of carbonyl (C=O) groups excluding carboxylic acids is 2. The predicted octanol–water partition coefficient (Wildman–Crippen LogP) is 4.15. The van der Waals surface area contributed by atoms with Crippen molar-refractivity contribution in [2.75, 3.05) is 24.2 Å². The molecule has 36 heavy (non-hydrogen) atoms. The van der Waals surface area contributed by atoms with Crippen LogP contribution in [0.4, 0.5) is 5.69 Å². The van der Waals surface area contributed by atoms with Gasteiger partial charge in [0.05, 0.1) is 19.1 Å². The van der Waals surface area contributed by atoms with Gasteiger partial charge in [-0.25, -0.2) is 8.42 Å². The van der Waals surface area contributed by atoms with E-state index in [0.29, 0.717) is 17.2 Å². The topological polar surface area (TPSA) is 96.0 Å². The van der Waals surface area contributed by atoms with Gasteiger partial charge in [-0.3, -0.25) is 13.9 Å². The lowest BCUT2D eigenvalue weighted by atomic mass is 10.1. The molecule has 0 aliphatic rings. The Morgan fingerprint density at radius 2 is 1.72 bits per heavy atom. The van der Waals surface area contributed by atoms with Crippen LogP contribution in [0.5, 0.6) is 5.75 Å². The first-order valence-electron chi connectivity index (χ1n) is 11.9. The van der Waals surface area contributed by atoms with E-state index in [4.69, 9.17) is 16.3 Å². The van der Waals surface area contributed by atoms with Gasteiger partial charge < -0.3 is 15.0 Å². The highest BCUT2D eigenvalue weighted by Gasteiger charge is 2.32. The van der Waals surface area contributed by atoms with Crippen LogP contribution in [0.1, 0.15) is 44.7 Å². The van der Waals surface area contributed by atoms with Gasteiger partial charge in [-0.1, -0.05) is 43.6 Å². The number of anilines is 1. The van der Waals surface area contributed by atoms with Crippen molar-refractivity contribution in [1.29, 1.82) is 0 Å². The third-order valence-electron chi connectivity index (χ3n) is 6.02. The van der Waals surface area contributed by atoms with E-state index < -0.39 is 28.5 Å². The highest BCUT2D eigenvalue weighted by molar-refractivity contribution is 7.92. The molecule has 2 aromatic carbocycles. The second-order valence-corrected chi connectivity index (χ2v) is 11.1. The number of sulfonamides is 1. The SMILES string of the molecule is CC[C@H](C(=O)N[C@@H](C)CC)N(Cc1ccc(OC)cc1)C(=O)CN(c1ccc(C)c(Cl)c1)S(C)(=O)=O. The van der Waals surface area contributed by atoms with Crippen LogP contribution >= 0.6 is 11.6 Å². The summed E-state index contributed by atoms with van der Waals surface area (Å²) >= 11 is 6.24. The predicted molar refractivity (Wildman–Crippen MR) is 144 cm³/mol. The van der Waals surface area contributed by atoms with E-state index in [-0.39, 0.29) is 24.2 Å². The van der Waals surface area contributed by atoms with Crippen LogP contribution in [0, 0.1) is 6.92 Å². The summed E-state index contributed by atoms with van der Waals surface area (Å²) in [5.74, 6) is -0.116. The van der Waals surface area contributed by atoms with Gasteiger partial charge in [-0.15, -0.1) is 0 Å². The van der Waals surface area contributed by atoms with Crippen LogP contribution in [0.25, 0.3) is 0 Å². The van der Waals surface area contributed by atoms with Gasteiger partial charge in [0.25, 0.3) is 0 Å². The lowest BCUT2D eigenvalue weighted by molar-refractivity contribution is -0.140. The average molecular weight is 538 g/mol. The summed E-state index contributed by atoms with van der Waals surface area (Å²) in [6, 6.07) is 11.2. The van der Waals surface area contributed by atoms with Crippen molar-refractivity contribution in [3.63, 3.8) is 0 Å². The van der Waals surface area contributed by atoms with Crippen molar-refractivity contribution in [2.24, 2.45) is 0 Å². The highest BCUT2D eigenvalue weighted by Crippen LogP contribution is 2.25. The van der Waals surface area contributed by atoms with E-state index in [1.54, 1.807) is 38.3 Å². The summed E-state index contributed by atoms with van der Waals surface area (Å²) in [6.45, 7) is 7.14. The number of rotatable bonds is 12. The molecule has 1 N–H and O–H groups in total. The second kappa shape index (κ2) is 13.0.